The second kappa shape index (κ2) is 6.35. The average molecular weight is 364 g/mol. The quantitative estimate of drug-likeness (QED) is 0.802. The molecule has 0 radical (unpaired) electrons. The monoisotopic (exact) mass is 363 g/mol. The van der Waals surface area contributed by atoms with Gasteiger partial charge >= 0.3 is 0 Å². The lowest BCUT2D eigenvalue weighted by molar-refractivity contribution is 0.135. The Balaban J connectivity index is 2.20. The van der Waals surface area contributed by atoms with Gasteiger partial charge in [-0.15, -0.1) is 4.83 Å². The molecule has 112 valence electrons. The van der Waals surface area contributed by atoms with Crippen molar-refractivity contribution < 1.29 is 8.42 Å². The van der Waals surface area contributed by atoms with E-state index in [0.29, 0.717) is 23.4 Å². The van der Waals surface area contributed by atoms with Gasteiger partial charge in [-0.1, -0.05) is 0 Å². The van der Waals surface area contributed by atoms with Crippen LogP contribution in [0.1, 0.15) is 0 Å². The molecule has 1 aromatic heterocycles. The zero-order valence-corrected chi connectivity index (χ0v) is 13.8. The highest BCUT2D eigenvalue weighted by Crippen LogP contribution is 2.22. The maximum Gasteiger partial charge on any atom is 0.257 e. The lowest BCUT2D eigenvalue weighted by Gasteiger charge is -2.32. The number of rotatable bonds is 4. The number of hydrazine groups is 1. The molecule has 1 aliphatic rings. The first kappa shape index (κ1) is 15.6. The van der Waals surface area contributed by atoms with E-state index >= 15 is 0 Å². The van der Waals surface area contributed by atoms with Crippen LogP contribution in [0.5, 0.6) is 0 Å². The zero-order valence-electron chi connectivity index (χ0n) is 11.4. The fraction of sp³-hybridized carbons (Fsp3) is 0.545. The summed E-state index contributed by atoms with van der Waals surface area (Å²) in [6, 6.07) is 1.54. The van der Waals surface area contributed by atoms with Crippen LogP contribution in [-0.2, 0) is 10.0 Å². The Morgan fingerprint density at radius 3 is 2.55 bits per heavy atom. The van der Waals surface area contributed by atoms with Crippen LogP contribution in [-0.4, -0.2) is 63.6 Å². The Kier molecular flexibility index (Phi) is 4.97. The van der Waals surface area contributed by atoms with Crippen molar-refractivity contribution in [2.75, 3.05) is 45.6 Å². The van der Waals surface area contributed by atoms with E-state index in [4.69, 9.17) is 0 Å². The van der Waals surface area contributed by atoms with Gasteiger partial charge in [0.1, 0.15) is 10.7 Å². The summed E-state index contributed by atoms with van der Waals surface area (Å²) >= 11 is 3.25. The normalized spacial score (nSPS) is 18.1. The van der Waals surface area contributed by atoms with Crippen LogP contribution in [0.3, 0.4) is 0 Å². The summed E-state index contributed by atoms with van der Waals surface area (Å²) in [7, 11) is 0.0208. The third-order valence-electron chi connectivity index (χ3n) is 3.10. The molecule has 0 amide bonds. The van der Waals surface area contributed by atoms with Crippen LogP contribution >= 0.6 is 15.9 Å². The number of aromatic nitrogens is 1. The van der Waals surface area contributed by atoms with Gasteiger partial charge in [0.15, 0.2) is 0 Å². The second-order valence-electron chi connectivity index (χ2n) is 4.64. The Bertz CT molecular complexity index is 572. The molecule has 1 aliphatic heterocycles. The molecule has 1 fully saturated rings. The molecule has 0 saturated carbocycles. The van der Waals surface area contributed by atoms with E-state index in [9.17, 15) is 8.42 Å². The van der Waals surface area contributed by atoms with Gasteiger partial charge in [-0.25, -0.2) is 18.4 Å². The van der Waals surface area contributed by atoms with E-state index in [1.807, 2.05) is 7.05 Å². The van der Waals surface area contributed by atoms with Crippen molar-refractivity contribution in [1.29, 1.82) is 0 Å². The molecule has 7 nitrogen and oxygen atoms in total. The highest BCUT2D eigenvalue weighted by Gasteiger charge is 2.24. The summed E-state index contributed by atoms with van der Waals surface area (Å²) in [5.74, 6) is 0.329. The molecule has 0 atom stereocenters. The predicted octanol–water partition coefficient (Wildman–Crippen LogP) is 0.327. The van der Waals surface area contributed by atoms with Gasteiger partial charge in [-0.3, -0.25) is 0 Å². The standard InChI is InChI=1S/C11H18BrN5O2S/c1-13-11-10(7-9(12)8-14-11)20(18,19)15-17-5-3-16(2)4-6-17/h7-8,15H,3-6H2,1-2H3,(H,13,14). The highest BCUT2D eigenvalue weighted by molar-refractivity contribution is 9.10. The number of halogens is 1. The summed E-state index contributed by atoms with van der Waals surface area (Å²) in [5.41, 5.74) is 0. The topological polar surface area (TPSA) is 77.6 Å². The average Bonchev–Trinajstić information content (AvgIpc) is 2.41. The largest absolute Gasteiger partial charge is 0.372 e. The molecular formula is C11H18BrN5O2S. The smallest absolute Gasteiger partial charge is 0.257 e. The van der Waals surface area contributed by atoms with Crippen LogP contribution in [0.25, 0.3) is 0 Å². The van der Waals surface area contributed by atoms with Crippen molar-refractivity contribution in [2.45, 2.75) is 4.90 Å². The minimum Gasteiger partial charge on any atom is -0.372 e. The van der Waals surface area contributed by atoms with Crippen LogP contribution in [0, 0.1) is 0 Å². The fourth-order valence-corrected chi connectivity index (χ4v) is 3.73. The number of hydrogen-bond donors (Lipinski definition) is 2. The van der Waals surface area contributed by atoms with Crippen molar-refractivity contribution >= 4 is 31.8 Å². The number of likely N-dealkylation sites (N-methyl/N-ethyl adjacent to an activating group) is 1. The van der Waals surface area contributed by atoms with E-state index < -0.39 is 10.0 Å². The fourth-order valence-electron chi connectivity index (χ4n) is 1.93. The summed E-state index contributed by atoms with van der Waals surface area (Å²) in [4.78, 5) is 8.97. The van der Waals surface area contributed by atoms with Crippen molar-refractivity contribution in [2.24, 2.45) is 0 Å². The molecule has 2 rings (SSSR count). The van der Waals surface area contributed by atoms with Crippen molar-refractivity contribution in [3.05, 3.63) is 16.7 Å². The summed E-state index contributed by atoms with van der Waals surface area (Å²) in [6.45, 7) is 2.98. The number of hydrogen-bond acceptors (Lipinski definition) is 6. The van der Waals surface area contributed by atoms with Gasteiger partial charge in [0.25, 0.3) is 10.0 Å². The minimum absolute atomic E-state index is 0.133. The Labute approximate surface area is 127 Å². The first-order valence-corrected chi connectivity index (χ1v) is 8.49. The Morgan fingerprint density at radius 2 is 1.95 bits per heavy atom. The maximum atomic E-state index is 12.4. The van der Waals surface area contributed by atoms with Gasteiger partial charge < -0.3 is 10.2 Å². The van der Waals surface area contributed by atoms with Crippen LogP contribution in [0.2, 0.25) is 0 Å². The number of nitrogens with one attached hydrogen (secondary N) is 2. The predicted molar refractivity (Wildman–Crippen MR) is 80.9 cm³/mol. The lowest BCUT2D eigenvalue weighted by Crippen LogP contribution is -2.52. The number of pyridine rings is 1. The van der Waals surface area contributed by atoms with E-state index in [-0.39, 0.29) is 4.90 Å². The molecule has 0 unspecified atom stereocenters. The Hall–Kier alpha value is -0.740. The first-order valence-electron chi connectivity index (χ1n) is 6.21. The molecule has 0 spiro atoms. The second-order valence-corrected chi connectivity index (χ2v) is 7.18. The summed E-state index contributed by atoms with van der Waals surface area (Å²) in [5, 5.41) is 4.51. The lowest BCUT2D eigenvalue weighted by atomic mass is 10.4. The SMILES string of the molecule is CNc1ncc(Br)cc1S(=O)(=O)NN1CCN(C)CC1. The van der Waals surface area contributed by atoms with Gasteiger partial charge in [-0.05, 0) is 29.0 Å². The number of piperazine rings is 1. The van der Waals surface area contributed by atoms with Crippen molar-refractivity contribution in [3.8, 4) is 0 Å². The summed E-state index contributed by atoms with van der Waals surface area (Å²) < 4.78 is 25.5. The van der Waals surface area contributed by atoms with Gasteiger partial charge in [0, 0.05) is 43.9 Å². The molecule has 2 N–H and O–H groups in total. The molecule has 1 saturated heterocycles. The third kappa shape index (κ3) is 3.67. The van der Waals surface area contributed by atoms with Gasteiger partial charge in [-0.2, -0.15) is 0 Å². The van der Waals surface area contributed by atoms with Gasteiger partial charge in [0.2, 0.25) is 0 Å². The van der Waals surface area contributed by atoms with Crippen LogP contribution in [0.15, 0.2) is 21.6 Å². The van der Waals surface area contributed by atoms with Gasteiger partial charge in [0.05, 0.1) is 0 Å². The van der Waals surface area contributed by atoms with E-state index in [1.165, 1.54) is 6.07 Å². The summed E-state index contributed by atoms with van der Waals surface area (Å²) in [6.07, 6.45) is 1.56. The molecule has 0 aliphatic carbocycles. The molecule has 9 heteroatoms. The van der Waals surface area contributed by atoms with E-state index in [2.05, 4.69) is 36.0 Å². The van der Waals surface area contributed by atoms with Crippen molar-refractivity contribution in [1.82, 2.24) is 19.7 Å². The minimum atomic E-state index is -3.64. The molecule has 20 heavy (non-hydrogen) atoms. The van der Waals surface area contributed by atoms with E-state index in [1.54, 1.807) is 18.3 Å². The molecule has 0 aromatic carbocycles. The Morgan fingerprint density at radius 1 is 1.30 bits per heavy atom. The maximum absolute atomic E-state index is 12.4. The molecule has 2 heterocycles. The third-order valence-corrected chi connectivity index (χ3v) is 4.92. The van der Waals surface area contributed by atoms with E-state index in [0.717, 1.165) is 13.1 Å². The molecule has 0 bridgehead atoms. The molecular weight excluding hydrogens is 346 g/mol. The number of nitrogens with zero attached hydrogens (tertiary/aromatic N) is 3. The number of anilines is 1. The van der Waals surface area contributed by atoms with Crippen LogP contribution < -0.4 is 10.1 Å². The van der Waals surface area contributed by atoms with Crippen molar-refractivity contribution in [3.63, 3.8) is 0 Å². The molecule has 1 aromatic rings. The van der Waals surface area contributed by atoms with Crippen LogP contribution in [0.4, 0.5) is 5.82 Å². The highest BCUT2D eigenvalue weighted by atomic mass is 79.9. The first-order chi connectivity index (χ1) is 9.42. The number of sulfonamides is 1. The zero-order chi connectivity index (χ0) is 14.8.